The van der Waals surface area contributed by atoms with Gasteiger partial charge in [0.05, 0.1) is 5.60 Å². The molecule has 16 heavy (non-hydrogen) atoms. The number of unbranched alkanes of at least 4 members (excludes halogenated alkanes) is 1. The second-order valence-electron chi connectivity index (χ2n) is 5.65. The largest absolute Gasteiger partial charge is 0.389 e. The van der Waals surface area contributed by atoms with Crippen LogP contribution in [0.15, 0.2) is 0 Å². The molecular formula is C14H31NO. The van der Waals surface area contributed by atoms with E-state index < -0.39 is 5.60 Å². The molecule has 0 aliphatic rings. The normalized spacial score (nSPS) is 17.4. The first-order valence-corrected chi connectivity index (χ1v) is 6.87. The third-order valence-electron chi connectivity index (χ3n) is 3.16. The number of hydrogen-bond donors (Lipinski definition) is 2. The van der Waals surface area contributed by atoms with Crippen molar-refractivity contribution in [1.29, 1.82) is 0 Å². The molecule has 2 heteroatoms. The second-order valence-corrected chi connectivity index (χ2v) is 5.65. The summed E-state index contributed by atoms with van der Waals surface area (Å²) in [5.74, 6) is 0.670. The standard InChI is InChI=1S/C14H31NO/c1-6-8-9-13(7-2)10-14(5,16)11-15-12(3)4/h12-13,15-16H,6-11H2,1-5H3. The van der Waals surface area contributed by atoms with Crippen LogP contribution in [-0.2, 0) is 0 Å². The lowest BCUT2D eigenvalue weighted by Gasteiger charge is -2.29. The molecular weight excluding hydrogens is 198 g/mol. The van der Waals surface area contributed by atoms with Crippen molar-refractivity contribution in [3.8, 4) is 0 Å². The smallest absolute Gasteiger partial charge is 0.0746 e. The quantitative estimate of drug-likeness (QED) is 0.635. The second kappa shape index (κ2) is 8.08. The molecule has 0 rings (SSSR count). The molecule has 0 amide bonds. The fourth-order valence-electron chi connectivity index (χ4n) is 2.06. The number of nitrogens with one attached hydrogen (secondary N) is 1. The first-order valence-electron chi connectivity index (χ1n) is 6.87. The first-order chi connectivity index (χ1) is 7.41. The van der Waals surface area contributed by atoms with Gasteiger partial charge in [0.25, 0.3) is 0 Å². The Hall–Kier alpha value is -0.0800. The van der Waals surface area contributed by atoms with Crippen LogP contribution in [-0.4, -0.2) is 23.3 Å². The molecule has 0 aromatic rings. The van der Waals surface area contributed by atoms with Crippen LogP contribution >= 0.6 is 0 Å². The van der Waals surface area contributed by atoms with E-state index in [1.807, 2.05) is 6.92 Å². The molecule has 0 aromatic carbocycles. The van der Waals surface area contributed by atoms with Crippen molar-refractivity contribution < 1.29 is 5.11 Å². The number of hydrogen-bond acceptors (Lipinski definition) is 2. The zero-order chi connectivity index (χ0) is 12.6. The van der Waals surface area contributed by atoms with E-state index in [9.17, 15) is 5.11 Å². The van der Waals surface area contributed by atoms with Crippen molar-refractivity contribution >= 4 is 0 Å². The molecule has 98 valence electrons. The van der Waals surface area contributed by atoms with Crippen LogP contribution in [0.5, 0.6) is 0 Å². The molecule has 0 saturated heterocycles. The monoisotopic (exact) mass is 229 g/mol. The molecule has 2 nitrogen and oxygen atoms in total. The number of rotatable bonds is 9. The van der Waals surface area contributed by atoms with Gasteiger partial charge in [-0.2, -0.15) is 0 Å². The Morgan fingerprint density at radius 3 is 2.31 bits per heavy atom. The summed E-state index contributed by atoms with van der Waals surface area (Å²) in [6.45, 7) is 11.3. The van der Waals surface area contributed by atoms with Gasteiger partial charge in [-0.25, -0.2) is 0 Å². The maximum atomic E-state index is 10.3. The van der Waals surface area contributed by atoms with E-state index in [1.165, 1.54) is 25.7 Å². The van der Waals surface area contributed by atoms with Gasteiger partial charge in [-0.05, 0) is 19.3 Å². The lowest BCUT2D eigenvalue weighted by molar-refractivity contribution is 0.0299. The molecule has 0 bridgehead atoms. The van der Waals surface area contributed by atoms with Crippen molar-refractivity contribution in [3.63, 3.8) is 0 Å². The van der Waals surface area contributed by atoms with Crippen LogP contribution < -0.4 is 5.32 Å². The topological polar surface area (TPSA) is 32.3 Å². The summed E-state index contributed by atoms with van der Waals surface area (Å²) < 4.78 is 0. The average molecular weight is 229 g/mol. The Morgan fingerprint density at radius 1 is 1.25 bits per heavy atom. The Kier molecular flexibility index (Phi) is 8.04. The van der Waals surface area contributed by atoms with Crippen LogP contribution in [0, 0.1) is 5.92 Å². The van der Waals surface area contributed by atoms with Crippen molar-refractivity contribution in [2.24, 2.45) is 5.92 Å². The molecule has 2 atom stereocenters. The van der Waals surface area contributed by atoms with E-state index in [0.29, 0.717) is 18.5 Å². The molecule has 0 fully saturated rings. The lowest BCUT2D eigenvalue weighted by Crippen LogP contribution is -2.42. The molecule has 0 aliphatic heterocycles. The third kappa shape index (κ3) is 8.12. The van der Waals surface area contributed by atoms with E-state index in [1.54, 1.807) is 0 Å². The van der Waals surface area contributed by atoms with E-state index >= 15 is 0 Å². The Balaban J connectivity index is 3.98. The fourth-order valence-corrected chi connectivity index (χ4v) is 2.06. The summed E-state index contributed by atoms with van der Waals surface area (Å²) >= 11 is 0. The molecule has 0 radical (unpaired) electrons. The molecule has 0 heterocycles. The average Bonchev–Trinajstić information content (AvgIpc) is 2.21. The van der Waals surface area contributed by atoms with Gasteiger partial charge in [0.1, 0.15) is 0 Å². The van der Waals surface area contributed by atoms with Crippen molar-refractivity contribution in [2.75, 3.05) is 6.54 Å². The Labute approximate surface area is 102 Å². The summed E-state index contributed by atoms with van der Waals surface area (Å²) in [5.41, 5.74) is -0.557. The van der Waals surface area contributed by atoms with Crippen LogP contribution in [0.3, 0.4) is 0 Å². The minimum absolute atomic E-state index is 0.446. The maximum Gasteiger partial charge on any atom is 0.0746 e. The highest BCUT2D eigenvalue weighted by Crippen LogP contribution is 2.23. The van der Waals surface area contributed by atoms with E-state index in [0.717, 1.165) is 6.42 Å². The number of aliphatic hydroxyl groups is 1. The predicted octanol–water partition coefficient (Wildman–Crippen LogP) is 3.34. The van der Waals surface area contributed by atoms with Crippen LogP contribution in [0.4, 0.5) is 0 Å². The summed E-state index contributed by atoms with van der Waals surface area (Å²) in [7, 11) is 0. The van der Waals surface area contributed by atoms with Crippen molar-refractivity contribution in [2.45, 2.75) is 78.4 Å². The zero-order valence-electron chi connectivity index (χ0n) is 11.8. The van der Waals surface area contributed by atoms with E-state index in [4.69, 9.17) is 0 Å². The predicted molar refractivity (Wildman–Crippen MR) is 71.7 cm³/mol. The van der Waals surface area contributed by atoms with Gasteiger partial charge in [0, 0.05) is 12.6 Å². The third-order valence-corrected chi connectivity index (χ3v) is 3.16. The van der Waals surface area contributed by atoms with Gasteiger partial charge in [0.15, 0.2) is 0 Å². The van der Waals surface area contributed by atoms with Gasteiger partial charge >= 0.3 is 0 Å². The first kappa shape index (κ1) is 15.9. The Bertz CT molecular complexity index is 166. The van der Waals surface area contributed by atoms with Crippen molar-refractivity contribution in [1.82, 2.24) is 5.32 Å². The SMILES string of the molecule is CCCCC(CC)CC(C)(O)CNC(C)C. The minimum Gasteiger partial charge on any atom is -0.389 e. The van der Waals surface area contributed by atoms with Gasteiger partial charge in [-0.3, -0.25) is 0 Å². The molecule has 2 N–H and O–H groups in total. The molecule has 0 spiro atoms. The highest BCUT2D eigenvalue weighted by atomic mass is 16.3. The highest BCUT2D eigenvalue weighted by molar-refractivity contribution is 4.79. The van der Waals surface area contributed by atoms with E-state index in [2.05, 4.69) is 33.0 Å². The van der Waals surface area contributed by atoms with Gasteiger partial charge in [-0.1, -0.05) is 53.4 Å². The lowest BCUT2D eigenvalue weighted by atomic mass is 9.86. The molecule has 0 aliphatic carbocycles. The fraction of sp³-hybridized carbons (Fsp3) is 1.00. The molecule has 0 saturated carbocycles. The van der Waals surface area contributed by atoms with Gasteiger partial charge < -0.3 is 10.4 Å². The maximum absolute atomic E-state index is 10.3. The highest BCUT2D eigenvalue weighted by Gasteiger charge is 2.24. The van der Waals surface area contributed by atoms with Crippen LogP contribution in [0.2, 0.25) is 0 Å². The van der Waals surface area contributed by atoms with Gasteiger partial charge in [-0.15, -0.1) is 0 Å². The molecule has 2 unspecified atom stereocenters. The van der Waals surface area contributed by atoms with Crippen molar-refractivity contribution in [3.05, 3.63) is 0 Å². The Morgan fingerprint density at radius 2 is 1.88 bits per heavy atom. The molecule has 0 aromatic heterocycles. The summed E-state index contributed by atoms with van der Waals surface area (Å²) in [4.78, 5) is 0. The zero-order valence-corrected chi connectivity index (χ0v) is 11.8. The van der Waals surface area contributed by atoms with E-state index in [-0.39, 0.29) is 0 Å². The summed E-state index contributed by atoms with van der Waals surface area (Å²) in [5, 5.41) is 13.6. The summed E-state index contributed by atoms with van der Waals surface area (Å²) in [6.07, 6.45) is 5.89. The van der Waals surface area contributed by atoms with Crippen LogP contribution in [0.25, 0.3) is 0 Å². The summed E-state index contributed by atoms with van der Waals surface area (Å²) in [6, 6.07) is 0.446. The van der Waals surface area contributed by atoms with Crippen LogP contribution in [0.1, 0.15) is 66.7 Å². The van der Waals surface area contributed by atoms with Gasteiger partial charge in [0.2, 0.25) is 0 Å². The minimum atomic E-state index is -0.557.